The topological polar surface area (TPSA) is 52.6 Å². The van der Waals surface area contributed by atoms with Crippen molar-refractivity contribution in [3.05, 3.63) is 29.3 Å². The Morgan fingerprint density at radius 2 is 1.81 bits per heavy atom. The molecule has 0 aromatic heterocycles. The zero-order valence-electron chi connectivity index (χ0n) is 8.95. The van der Waals surface area contributed by atoms with Crippen molar-refractivity contribution in [3.63, 3.8) is 0 Å². The van der Waals surface area contributed by atoms with Crippen LogP contribution in [0.15, 0.2) is 18.2 Å². The molecule has 1 aromatic rings. The minimum absolute atomic E-state index is 0.121. The standard InChI is InChI=1S/C11H11BrO4/c1-15-9-4-7(10(13)6-12)3-8(5-9)11(14)16-2/h3-5H,6H2,1-2H3. The van der Waals surface area contributed by atoms with E-state index in [1.807, 2.05) is 0 Å². The maximum Gasteiger partial charge on any atom is 0.338 e. The van der Waals surface area contributed by atoms with Gasteiger partial charge in [-0.25, -0.2) is 4.79 Å². The van der Waals surface area contributed by atoms with Crippen LogP contribution in [0.1, 0.15) is 20.7 Å². The number of hydrogen-bond acceptors (Lipinski definition) is 4. The van der Waals surface area contributed by atoms with E-state index in [2.05, 4.69) is 20.7 Å². The van der Waals surface area contributed by atoms with Gasteiger partial charge in [0.25, 0.3) is 0 Å². The van der Waals surface area contributed by atoms with Gasteiger partial charge in [0, 0.05) is 5.56 Å². The molecule has 0 radical (unpaired) electrons. The molecule has 0 atom stereocenters. The van der Waals surface area contributed by atoms with Gasteiger partial charge in [0.05, 0.1) is 25.1 Å². The van der Waals surface area contributed by atoms with Gasteiger partial charge in [0.15, 0.2) is 5.78 Å². The number of carbonyl (C=O) groups is 2. The van der Waals surface area contributed by atoms with Crippen LogP contribution in [-0.2, 0) is 4.74 Å². The fourth-order valence-corrected chi connectivity index (χ4v) is 1.51. The Hall–Kier alpha value is -1.36. The molecule has 0 aliphatic carbocycles. The van der Waals surface area contributed by atoms with E-state index in [4.69, 9.17) is 4.74 Å². The summed E-state index contributed by atoms with van der Waals surface area (Å²) in [7, 11) is 2.76. The van der Waals surface area contributed by atoms with E-state index in [-0.39, 0.29) is 11.1 Å². The van der Waals surface area contributed by atoms with E-state index in [0.29, 0.717) is 16.9 Å². The Morgan fingerprint density at radius 1 is 1.19 bits per heavy atom. The number of hydrogen-bond donors (Lipinski definition) is 0. The van der Waals surface area contributed by atoms with Crippen LogP contribution in [-0.4, -0.2) is 31.3 Å². The second kappa shape index (κ2) is 5.65. The lowest BCUT2D eigenvalue weighted by molar-refractivity contribution is 0.0600. The monoisotopic (exact) mass is 286 g/mol. The summed E-state index contributed by atoms with van der Waals surface area (Å²) in [6, 6.07) is 4.59. The second-order valence-electron chi connectivity index (χ2n) is 3.00. The Labute approximate surface area is 102 Å². The lowest BCUT2D eigenvalue weighted by Crippen LogP contribution is -2.06. The first-order valence-electron chi connectivity index (χ1n) is 4.49. The van der Waals surface area contributed by atoms with Crippen molar-refractivity contribution >= 4 is 27.7 Å². The average Bonchev–Trinajstić information content (AvgIpc) is 2.35. The molecule has 0 fully saturated rings. The largest absolute Gasteiger partial charge is 0.497 e. The number of methoxy groups -OCH3 is 2. The SMILES string of the molecule is COC(=O)c1cc(OC)cc(C(=O)CBr)c1. The van der Waals surface area contributed by atoms with Crippen LogP contribution in [0.2, 0.25) is 0 Å². The van der Waals surface area contributed by atoms with Crippen LogP contribution in [0, 0.1) is 0 Å². The van der Waals surface area contributed by atoms with Gasteiger partial charge < -0.3 is 9.47 Å². The average molecular weight is 287 g/mol. The number of ketones is 1. The van der Waals surface area contributed by atoms with Crippen molar-refractivity contribution in [2.75, 3.05) is 19.5 Å². The minimum atomic E-state index is -0.498. The minimum Gasteiger partial charge on any atom is -0.497 e. The third-order valence-corrected chi connectivity index (χ3v) is 2.52. The number of esters is 1. The molecular weight excluding hydrogens is 276 g/mol. The van der Waals surface area contributed by atoms with E-state index in [1.54, 1.807) is 6.07 Å². The first-order chi connectivity index (χ1) is 7.62. The smallest absolute Gasteiger partial charge is 0.338 e. The summed E-state index contributed by atoms with van der Waals surface area (Å²) in [5.41, 5.74) is 0.711. The molecule has 0 unspecified atom stereocenters. The number of carbonyl (C=O) groups excluding carboxylic acids is 2. The predicted molar refractivity (Wildman–Crippen MR) is 62.5 cm³/mol. The fourth-order valence-electron chi connectivity index (χ4n) is 1.19. The van der Waals surface area contributed by atoms with E-state index in [1.165, 1.54) is 26.4 Å². The maximum atomic E-state index is 11.5. The first-order valence-corrected chi connectivity index (χ1v) is 5.61. The van der Waals surface area contributed by atoms with Crippen molar-refractivity contribution < 1.29 is 19.1 Å². The summed E-state index contributed by atoms with van der Waals surface area (Å²) in [5, 5.41) is 0.195. The Balaban J connectivity index is 3.20. The van der Waals surface area contributed by atoms with Crippen LogP contribution >= 0.6 is 15.9 Å². The normalized spacial score (nSPS) is 9.69. The van der Waals surface area contributed by atoms with Crippen LogP contribution in [0.5, 0.6) is 5.75 Å². The number of halogens is 1. The maximum absolute atomic E-state index is 11.5. The Kier molecular flexibility index (Phi) is 4.49. The van der Waals surface area contributed by atoms with Crippen LogP contribution < -0.4 is 4.74 Å². The molecule has 86 valence electrons. The van der Waals surface area contributed by atoms with Gasteiger partial charge in [-0.05, 0) is 18.2 Å². The van der Waals surface area contributed by atoms with E-state index < -0.39 is 5.97 Å². The van der Waals surface area contributed by atoms with Gasteiger partial charge in [-0.15, -0.1) is 0 Å². The van der Waals surface area contributed by atoms with Crippen molar-refractivity contribution in [2.45, 2.75) is 0 Å². The summed E-state index contributed by atoms with van der Waals surface area (Å²) in [4.78, 5) is 22.8. The zero-order chi connectivity index (χ0) is 12.1. The summed E-state index contributed by atoms with van der Waals surface area (Å²) in [5.74, 6) is -0.168. The molecule has 5 heteroatoms. The van der Waals surface area contributed by atoms with Gasteiger partial charge >= 0.3 is 5.97 Å². The Morgan fingerprint density at radius 3 is 2.31 bits per heavy atom. The molecule has 1 aromatic carbocycles. The van der Waals surface area contributed by atoms with Crippen LogP contribution in [0.3, 0.4) is 0 Å². The molecule has 0 aliphatic rings. The molecule has 0 amide bonds. The number of ether oxygens (including phenoxy) is 2. The molecule has 0 bridgehead atoms. The van der Waals surface area contributed by atoms with Gasteiger partial charge in [0.2, 0.25) is 0 Å². The number of alkyl halides is 1. The quantitative estimate of drug-likeness (QED) is 0.483. The van der Waals surface area contributed by atoms with Crippen LogP contribution in [0.25, 0.3) is 0 Å². The van der Waals surface area contributed by atoms with Gasteiger partial charge in [-0.1, -0.05) is 15.9 Å². The zero-order valence-corrected chi connectivity index (χ0v) is 10.5. The first kappa shape index (κ1) is 12.7. The third-order valence-electron chi connectivity index (χ3n) is 2.01. The van der Waals surface area contributed by atoms with Crippen molar-refractivity contribution in [1.29, 1.82) is 0 Å². The summed E-state index contributed by atoms with van der Waals surface area (Å²) in [6.45, 7) is 0. The van der Waals surface area contributed by atoms with E-state index >= 15 is 0 Å². The number of rotatable bonds is 4. The Bertz CT molecular complexity index is 380. The molecule has 0 saturated carbocycles. The molecule has 1 rings (SSSR count). The number of Topliss-reactive ketones (excluding diaryl/α,β-unsaturated/α-hetero) is 1. The van der Waals surface area contributed by atoms with E-state index in [9.17, 15) is 9.59 Å². The fraction of sp³-hybridized carbons (Fsp3) is 0.273. The molecule has 0 aliphatic heterocycles. The van der Waals surface area contributed by atoms with Crippen molar-refractivity contribution in [3.8, 4) is 5.75 Å². The van der Waals surface area contributed by atoms with Crippen LogP contribution in [0.4, 0.5) is 0 Å². The molecule has 0 N–H and O–H groups in total. The molecule has 0 heterocycles. The van der Waals surface area contributed by atoms with Crippen molar-refractivity contribution in [2.24, 2.45) is 0 Å². The highest BCUT2D eigenvalue weighted by Gasteiger charge is 2.12. The van der Waals surface area contributed by atoms with Gasteiger partial charge in [0.1, 0.15) is 5.75 Å². The van der Waals surface area contributed by atoms with Gasteiger partial charge in [-0.3, -0.25) is 4.79 Å². The predicted octanol–water partition coefficient (Wildman–Crippen LogP) is 2.06. The third kappa shape index (κ3) is 2.82. The molecule has 4 nitrogen and oxygen atoms in total. The highest BCUT2D eigenvalue weighted by atomic mass is 79.9. The molecule has 0 saturated heterocycles. The molecular formula is C11H11BrO4. The lowest BCUT2D eigenvalue weighted by Gasteiger charge is -2.06. The summed E-state index contributed by atoms with van der Waals surface area (Å²) >= 11 is 3.07. The molecule has 16 heavy (non-hydrogen) atoms. The van der Waals surface area contributed by atoms with Gasteiger partial charge in [-0.2, -0.15) is 0 Å². The number of benzene rings is 1. The second-order valence-corrected chi connectivity index (χ2v) is 3.56. The highest BCUT2D eigenvalue weighted by molar-refractivity contribution is 9.09. The molecule has 0 spiro atoms. The lowest BCUT2D eigenvalue weighted by atomic mass is 10.1. The highest BCUT2D eigenvalue weighted by Crippen LogP contribution is 2.18. The summed E-state index contributed by atoms with van der Waals surface area (Å²) in [6.07, 6.45) is 0. The van der Waals surface area contributed by atoms with Crippen molar-refractivity contribution in [1.82, 2.24) is 0 Å². The summed E-state index contributed by atoms with van der Waals surface area (Å²) < 4.78 is 9.60. The van der Waals surface area contributed by atoms with E-state index in [0.717, 1.165) is 0 Å².